The summed E-state index contributed by atoms with van der Waals surface area (Å²) in [7, 11) is 0. The van der Waals surface area contributed by atoms with Crippen LogP contribution in [0.3, 0.4) is 0 Å². The summed E-state index contributed by atoms with van der Waals surface area (Å²) in [6.45, 7) is 2.02. The third-order valence-corrected chi connectivity index (χ3v) is 3.26. The summed E-state index contributed by atoms with van der Waals surface area (Å²) < 4.78 is 6.82. The van der Waals surface area contributed by atoms with Crippen LogP contribution < -0.4 is 4.74 Å². The van der Waals surface area contributed by atoms with Crippen LogP contribution >= 0.6 is 15.9 Å². The number of aromatic amines is 1. The first-order valence-electron chi connectivity index (χ1n) is 4.76. The summed E-state index contributed by atoms with van der Waals surface area (Å²) in [5, 5.41) is 7.08. The molecule has 1 aromatic heterocycles. The molecular weight excluding hydrogens is 256 g/mol. The van der Waals surface area contributed by atoms with Crippen molar-refractivity contribution in [3.8, 4) is 17.0 Å². The summed E-state index contributed by atoms with van der Waals surface area (Å²) in [4.78, 5) is 0. The highest BCUT2D eigenvalue weighted by Crippen LogP contribution is 2.44. The van der Waals surface area contributed by atoms with Crippen LogP contribution in [-0.2, 0) is 0 Å². The first-order chi connectivity index (χ1) is 7.27. The van der Waals surface area contributed by atoms with Gasteiger partial charge in [0.25, 0.3) is 0 Å². The van der Waals surface area contributed by atoms with E-state index in [1.165, 1.54) is 0 Å². The third kappa shape index (κ3) is 1.21. The Morgan fingerprint density at radius 3 is 3.20 bits per heavy atom. The van der Waals surface area contributed by atoms with Crippen LogP contribution in [0.5, 0.6) is 5.75 Å². The molecule has 1 unspecified atom stereocenters. The molecule has 1 N–H and O–H groups in total. The van der Waals surface area contributed by atoms with E-state index < -0.39 is 0 Å². The lowest BCUT2D eigenvalue weighted by molar-refractivity contribution is 0.222. The number of nitrogens with one attached hydrogen (secondary N) is 1. The van der Waals surface area contributed by atoms with E-state index in [1.807, 2.05) is 31.3 Å². The SMILES string of the molecule is CC1Oc2c(Br)cccc2-c2[nH]ncc21. The minimum atomic E-state index is 0.0462. The van der Waals surface area contributed by atoms with Gasteiger partial charge in [0.05, 0.1) is 16.4 Å². The zero-order chi connectivity index (χ0) is 10.4. The Hall–Kier alpha value is -1.29. The van der Waals surface area contributed by atoms with Gasteiger partial charge in [-0.1, -0.05) is 6.07 Å². The number of hydrogen-bond acceptors (Lipinski definition) is 2. The molecule has 0 saturated carbocycles. The van der Waals surface area contributed by atoms with Gasteiger partial charge in [0.1, 0.15) is 11.9 Å². The second kappa shape index (κ2) is 3.10. The smallest absolute Gasteiger partial charge is 0.143 e. The number of ether oxygens (including phenoxy) is 1. The molecule has 1 atom stereocenters. The first-order valence-corrected chi connectivity index (χ1v) is 5.55. The van der Waals surface area contributed by atoms with Crippen molar-refractivity contribution >= 4 is 15.9 Å². The van der Waals surface area contributed by atoms with Gasteiger partial charge in [0.15, 0.2) is 0 Å². The molecule has 76 valence electrons. The molecule has 0 bridgehead atoms. The fourth-order valence-electron chi connectivity index (χ4n) is 1.89. The minimum Gasteiger partial charge on any atom is -0.484 e. The highest BCUT2D eigenvalue weighted by molar-refractivity contribution is 9.10. The maximum Gasteiger partial charge on any atom is 0.143 e. The third-order valence-electron chi connectivity index (χ3n) is 2.64. The topological polar surface area (TPSA) is 37.9 Å². The summed E-state index contributed by atoms with van der Waals surface area (Å²) in [5.41, 5.74) is 3.24. The molecule has 15 heavy (non-hydrogen) atoms. The molecule has 0 spiro atoms. The number of hydrogen-bond donors (Lipinski definition) is 1. The molecule has 1 aliphatic rings. The lowest BCUT2D eigenvalue weighted by Gasteiger charge is -2.23. The van der Waals surface area contributed by atoms with Gasteiger partial charge in [0.2, 0.25) is 0 Å². The second-order valence-electron chi connectivity index (χ2n) is 3.58. The number of para-hydroxylation sites is 1. The molecule has 0 saturated heterocycles. The van der Waals surface area contributed by atoms with Gasteiger partial charge in [-0.05, 0) is 35.0 Å². The van der Waals surface area contributed by atoms with Gasteiger partial charge >= 0.3 is 0 Å². The lowest BCUT2D eigenvalue weighted by Crippen LogP contribution is -2.09. The molecule has 0 radical (unpaired) electrons. The van der Waals surface area contributed by atoms with Crippen LogP contribution in [0.2, 0.25) is 0 Å². The van der Waals surface area contributed by atoms with Crippen molar-refractivity contribution in [2.45, 2.75) is 13.0 Å². The molecule has 1 aliphatic heterocycles. The van der Waals surface area contributed by atoms with E-state index in [0.717, 1.165) is 27.0 Å². The van der Waals surface area contributed by atoms with Gasteiger partial charge in [-0.15, -0.1) is 0 Å². The van der Waals surface area contributed by atoms with Gasteiger partial charge in [0, 0.05) is 11.1 Å². The highest BCUT2D eigenvalue weighted by atomic mass is 79.9. The van der Waals surface area contributed by atoms with Crippen LogP contribution in [-0.4, -0.2) is 10.2 Å². The van der Waals surface area contributed by atoms with Gasteiger partial charge in [-0.2, -0.15) is 5.10 Å². The zero-order valence-corrected chi connectivity index (χ0v) is 9.71. The largest absolute Gasteiger partial charge is 0.484 e. The average molecular weight is 265 g/mol. The zero-order valence-electron chi connectivity index (χ0n) is 8.12. The predicted octanol–water partition coefficient (Wildman–Crippen LogP) is 3.29. The molecular formula is C11H9BrN2O. The van der Waals surface area contributed by atoms with Crippen LogP contribution in [0.1, 0.15) is 18.6 Å². The van der Waals surface area contributed by atoms with Crippen molar-refractivity contribution < 1.29 is 4.74 Å². The number of fused-ring (bicyclic) bond motifs is 3. The predicted molar refractivity (Wildman–Crippen MR) is 60.8 cm³/mol. The van der Waals surface area contributed by atoms with Crippen LogP contribution in [0, 0.1) is 0 Å². The van der Waals surface area contributed by atoms with Crippen molar-refractivity contribution in [2.24, 2.45) is 0 Å². The van der Waals surface area contributed by atoms with Gasteiger partial charge in [-0.25, -0.2) is 0 Å². The quantitative estimate of drug-likeness (QED) is 0.793. The normalized spacial score (nSPS) is 17.9. The Kier molecular flexibility index (Phi) is 1.85. The molecule has 0 amide bonds. The minimum absolute atomic E-state index is 0.0462. The Bertz CT molecular complexity index is 521. The van der Waals surface area contributed by atoms with E-state index in [-0.39, 0.29) is 6.10 Å². The number of aromatic nitrogens is 2. The Morgan fingerprint density at radius 1 is 1.47 bits per heavy atom. The van der Waals surface area contributed by atoms with Gasteiger partial charge in [-0.3, -0.25) is 5.10 Å². The van der Waals surface area contributed by atoms with E-state index in [9.17, 15) is 0 Å². The monoisotopic (exact) mass is 264 g/mol. The van der Waals surface area contributed by atoms with E-state index in [1.54, 1.807) is 0 Å². The maximum atomic E-state index is 5.84. The molecule has 2 aromatic rings. The average Bonchev–Trinajstić information content (AvgIpc) is 2.69. The van der Waals surface area contributed by atoms with E-state index >= 15 is 0 Å². The first kappa shape index (κ1) is 8.97. The molecule has 2 heterocycles. The Labute approximate surface area is 95.6 Å². The fraction of sp³-hybridized carbons (Fsp3) is 0.182. The molecule has 1 aromatic carbocycles. The van der Waals surface area contributed by atoms with E-state index in [2.05, 4.69) is 26.1 Å². The number of benzene rings is 1. The van der Waals surface area contributed by atoms with Crippen LogP contribution in [0.15, 0.2) is 28.9 Å². The van der Waals surface area contributed by atoms with E-state index in [4.69, 9.17) is 4.74 Å². The number of nitrogens with zero attached hydrogens (tertiary/aromatic N) is 1. The summed E-state index contributed by atoms with van der Waals surface area (Å²) >= 11 is 3.49. The van der Waals surface area contributed by atoms with Crippen molar-refractivity contribution in [1.29, 1.82) is 0 Å². The molecule has 4 heteroatoms. The van der Waals surface area contributed by atoms with Crippen molar-refractivity contribution in [2.75, 3.05) is 0 Å². The number of rotatable bonds is 0. The maximum absolute atomic E-state index is 5.84. The summed E-state index contributed by atoms with van der Waals surface area (Å²) in [6, 6.07) is 6.00. The molecule has 0 fully saturated rings. The van der Waals surface area contributed by atoms with Crippen LogP contribution in [0.25, 0.3) is 11.3 Å². The van der Waals surface area contributed by atoms with E-state index in [0.29, 0.717) is 0 Å². The molecule has 0 aliphatic carbocycles. The molecule has 3 nitrogen and oxygen atoms in total. The lowest BCUT2D eigenvalue weighted by atomic mass is 10.0. The number of H-pyrrole nitrogens is 1. The highest BCUT2D eigenvalue weighted by Gasteiger charge is 2.25. The van der Waals surface area contributed by atoms with Crippen molar-refractivity contribution in [1.82, 2.24) is 10.2 Å². The van der Waals surface area contributed by atoms with Crippen LogP contribution in [0.4, 0.5) is 0 Å². The Morgan fingerprint density at radius 2 is 2.33 bits per heavy atom. The summed E-state index contributed by atoms with van der Waals surface area (Å²) in [6.07, 6.45) is 1.87. The van der Waals surface area contributed by atoms with Gasteiger partial charge < -0.3 is 4.74 Å². The fourth-order valence-corrected chi connectivity index (χ4v) is 2.34. The summed E-state index contributed by atoms with van der Waals surface area (Å²) in [5.74, 6) is 0.891. The Balaban J connectivity index is 2.31. The van der Waals surface area contributed by atoms with Crippen molar-refractivity contribution in [3.05, 3.63) is 34.4 Å². The van der Waals surface area contributed by atoms with Crippen molar-refractivity contribution in [3.63, 3.8) is 0 Å². The molecule has 3 rings (SSSR count). The number of halogens is 1. The second-order valence-corrected chi connectivity index (χ2v) is 4.43. The standard InChI is InChI=1S/C11H9BrN2O/c1-6-8-5-13-14-10(8)7-3-2-4-9(12)11(7)15-6/h2-6H,1H3,(H,13,14).